The average molecular weight is 189 g/mol. The van der Waals surface area contributed by atoms with Gasteiger partial charge in [-0.05, 0) is 27.7 Å². The second-order valence-corrected chi connectivity index (χ2v) is 4.06. The molecule has 80 valence electrons. The molecule has 0 aliphatic heterocycles. The first kappa shape index (κ1) is 12.9. The standard InChI is InChI=1S/C10H23NO2/c1-9(2)13-7-6-11-8-10(3,4)12-5/h9,11H,6-8H2,1-5H3. The molecule has 0 fully saturated rings. The van der Waals surface area contributed by atoms with Gasteiger partial charge >= 0.3 is 0 Å². The second kappa shape index (κ2) is 6.35. The van der Waals surface area contributed by atoms with Crippen molar-refractivity contribution in [1.29, 1.82) is 0 Å². The monoisotopic (exact) mass is 189 g/mol. The van der Waals surface area contributed by atoms with Gasteiger partial charge in [0.1, 0.15) is 0 Å². The molecule has 0 aromatic carbocycles. The maximum absolute atomic E-state index is 5.39. The minimum absolute atomic E-state index is 0.0855. The molecule has 3 heteroatoms. The van der Waals surface area contributed by atoms with E-state index in [1.807, 2.05) is 13.8 Å². The highest BCUT2D eigenvalue weighted by Crippen LogP contribution is 2.04. The highest BCUT2D eigenvalue weighted by Gasteiger charge is 2.14. The van der Waals surface area contributed by atoms with Crippen LogP contribution in [0.2, 0.25) is 0 Å². The van der Waals surface area contributed by atoms with Gasteiger partial charge in [0.05, 0.1) is 18.3 Å². The van der Waals surface area contributed by atoms with Crippen LogP contribution in [0, 0.1) is 0 Å². The molecule has 0 amide bonds. The van der Waals surface area contributed by atoms with Crippen LogP contribution < -0.4 is 5.32 Å². The number of hydrogen-bond acceptors (Lipinski definition) is 3. The molecule has 0 saturated carbocycles. The van der Waals surface area contributed by atoms with Crippen LogP contribution >= 0.6 is 0 Å². The lowest BCUT2D eigenvalue weighted by molar-refractivity contribution is 0.0198. The highest BCUT2D eigenvalue weighted by atomic mass is 16.5. The number of hydrogen-bond donors (Lipinski definition) is 1. The summed E-state index contributed by atoms with van der Waals surface area (Å²) in [5.41, 5.74) is -0.0855. The van der Waals surface area contributed by atoms with Crippen LogP contribution in [0.5, 0.6) is 0 Å². The molecule has 3 nitrogen and oxygen atoms in total. The fourth-order valence-electron chi connectivity index (χ4n) is 0.828. The van der Waals surface area contributed by atoms with E-state index < -0.39 is 0 Å². The third kappa shape index (κ3) is 8.22. The van der Waals surface area contributed by atoms with Crippen LogP contribution in [0.4, 0.5) is 0 Å². The molecule has 0 heterocycles. The average Bonchev–Trinajstić information content (AvgIpc) is 2.03. The fraction of sp³-hybridized carbons (Fsp3) is 1.00. The van der Waals surface area contributed by atoms with Crippen molar-refractivity contribution in [1.82, 2.24) is 5.32 Å². The molecule has 0 aromatic rings. The second-order valence-electron chi connectivity index (χ2n) is 4.06. The predicted molar refractivity (Wildman–Crippen MR) is 55.0 cm³/mol. The number of ether oxygens (including phenoxy) is 2. The first-order valence-electron chi connectivity index (χ1n) is 4.85. The van der Waals surface area contributed by atoms with E-state index in [2.05, 4.69) is 19.2 Å². The Balaban J connectivity index is 3.26. The van der Waals surface area contributed by atoms with Gasteiger partial charge in [-0.25, -0.2) is 0 Å². The zero-order valence-electron chi connectivity index (χ0n) is 9.52. The van der Waals surface area contributed by atoms with Crippen molar-refractivity contribution >= 4 is 0 Å². The molecule has 0 atom stereocenters. The third-order valence-corrected chi connectivity index (χ3v) is 1.83. The zero-order valence-corrected chi connectivity index (χ0v) is 9.52. The maximum Gasteiger partial charge on any atom is 0.0746 e. The summed E-state index contributed by atoms with van der Waals surface area (Å²) in [5.74, 6) is 0. The van der Waals surface area contributed by atoms with Crippen LogP contribution in [-0.4, -0.2) is 38.5 Å². The summed E-state index contributed by atoms with van der Waals surface area (Å²) in [7, 11) is 1.73. The minimum atomic E-state index is -0.0855. The van der Waals surface area contributed by atoms with Crippen LogP contribution in [0.1, 0.15) is 27.7 Å². The summed E-state index contributed by atoms with van der Waals surface area (Å²) in [4.78, 5) is 0. The third-order valence-electron chi connectivity index (χ3n) is 1.83. The Kier molecular flexibility index (Phi) is 6.29. The Bertz CT molecular complexity index is 124. The fourth-order valence-corrected chi connectivity index (χ4v) is 0.828. The smallest absolute Gasteiger partial charge is 0.0746 e. The number of rotatable bonds is 7. The summed E-state index contributed by atoms with van der Waals surface area (Å²) < 4.78 is 10.6. The van der Waals surface area contributed by atoms with Gasteiger partial charge < -0.3 is 14.8 Å². The number of methoxy groups -OCH3 is 1. The van der Waals surface area contributed by atoms with E-state index in [0.717, 1.165) is 19.7 Å². The number of nitrogens with one attached hydrogen (secondary N) is 1. The maximum atomic E-state index is 5.39. The molecular weight excluding hydrogens is 166 g/mol. The van der Waals surface area contributed by atoms with E-state index in [0.29, 0.717) is 6.10 Å². The Hall–Kier alpha value is -0.120. The largest absolute Gasteiger partial charge is 0.377 e. The van der Waals surface area contributed by atoms with E-state index >= 15 is 0 Å². The Morgan fingerprint density at radius 3 is 2.38 bits per heavy atom. The molecule has 0 spiro atoms. The normalized spacial score (nSPS) is 12.5. The van der Waals surface area contributed by atoms with E-state index in [1.54, 1.807) is 7.11 Å². The van der Waals surface area contributed by atoms with Gasteiger partial charge in [-0.2, -0.15) is 0 Å². The van der Waals surface area contributed by atoms with Crippen molar-refractivity contribution in [3.05, 3.63) is 0 Å². The molecule has 0 aliphatic rings. The quantitative estimate of drug-likeness (QED) is 0.614. The first-order chi connectivity index (χ1) is 5.98. The summed E-state index contributed by atoms with van der Waals surface area (Å²) in [6.45, 7) is 10.7. The van der Waals surface area contributed by atoms with Crippen molar-refractivity contribution in [3.8, 4) is 0 Å². The lowest BCUT2D eigenvalue weighted by Gasteiger charge is -2.23. The van der Waals surface area contributed by atoms with Crippen LogP contribution in [0.3, 0.4) is 0 Å². The molecule has 0 unspecified atom stereocenters. The van der Waals surface area contributed by atoms with Gasteiger partial charge in [-0.1, -0.05) is 0 Å². The van der Waals surface area contributed by atoms with Crippen LogP contribution in [0.15, 0.2) is 0 Å². The van der Waals surface area contributed by atoms with Crippen molar-refractivity contribution < 1.29 is 9.47 Å². The van der Waals surface area contributed by atoms with Crippen LogP contribution in [0.25, 0.3) is 0 Å². The molecule has 0 saturated heterocycles. The van der Waals surface area contributed by atoms with Gasteiger partial charge in [-0.3, -0.25) is 0 Å². The van der Waals surface area contributed by atoms with Gasteiger partial charge in [0.2, 0.25) is 0 Å². The van der Waals surface area contributed by atoms with Gasteiger partial charge in [0, 0.05) is 20.2 Å². The van der Waals surface area contributed by atoms with Gasteiger partial charge in [-0.15, -0.1) is 0 Å². The summed E-state index contributed by atoms with van der Waals surface area (Å²) in [6.07, 6.45) is 0.317. The Morgan fingerprint density at radius 1 is 1.31 bits per heavy atom. The molecule has 1 N–H and O–H groups in total. The molecule has 0 radical (unpaired) electrons. The SMILES string of the molecule is COC(C)(C)CNCCOC(C)C. The molecular formula is C10H23NO2. The van der Waals surface area contributed by atoms with Crippen molar-refractivity contribution in [2.75, 3.05) is 26.8 Å². The molecule has 0 aromatic heterocycles. The lowest BCUT2D eigenvalue weighted by atomic mass is 10.1. The Morgan fingerprint density at radius 2 is 1.92 bits per heavy atom. The zero-order chi connectivity index (χ0) is 10.3. The van der Waals surface area contributed by atoms with Gasteiger partial charge in [0.25, 0.3) is 0 Å². The van der Waals surface area contributed by atoms with Crippen LogP contribution in [-0.2, 0) is 9.47 Å². The predicted octanol–water partition coefficient (Wildman–Crippen LogP) is 1.43. The van der Waals surface area contributed by atoms with Crippen molar-refractivity contribution in [3.63, 3.8) is 0 Å². The lowest BCUT2D eigenvalue weighted by Crippen LogP contribution is -2.38. The summed E-state index contributed by atoms with van der Waals surface area (Å²) in [6, 6.07) is 0. The highest BCUT2D eigenvalue weighted by molar-refractivity contribution is 4.70. The topological polar surface area (TPSA) is 30.5 Å². The molecule has 0 rings (SSSR count). The van der Waals surface area contributed by atoms with E-state index in [9.17, 15) is 0 Å². The Labute approximate surface area is 81.8 Å². The summed E-state index contributed by atoms with van der Waals surface area (Å²) in [5, 5.41) is 3.28. The molecule has 0 bridgehead atoms. The van der Waals surface area contributed by atoms with Crippen molar-refractivity contribution in [2.45, 2.75) is 39.4 Å². The molecule has 0 aliphatic carbocycles. The van der Waals surface area contributed by atoms with E-state index in [-0.39, 0.29) is 5.60 Å². The van der Waals surface area contributed by atoms with Crippen molar-refractivity contribution in [2.24, 2.45) is 0 Å². The molecule has 13 heavy (non-hydrogen) atoms. The summed E-state index contributed by atoms with van der Waals surface area (Å²) >= 11 is 0. The first-order valence-corrected chi connectivity index (χ1v) is 4.85. The van der Waals surface area contributed by atoms with E-state index in [1.165, 1.54) is 0 Å². The van der Waals surface area contributed by atoms with E-state index in [4.69, 9.17) is 9.47 Å². The minimum Gasteiger partial charge on any atom is -0.377 e. The van der Waals surface area contributed by atoms with Gasteiger partial charge in [0.15, 0.2) is 0 Å².